The van der Waals surface area contributed by atoms with Crippen LogP contribution in [0.2, 0.25) is 0 Å². The average Bonchev–Trinajstić information content (AvgIpc) is 2.07. The summed E-state index contributed by atoms with van der Waals surface area (Å²) in [7, 11) is 0. The van der Waals surface area contributed by atoms with Gasteiger partial charge in [-0.15, -0.1) is 0 Å². The van der Waals surface area contributed by atoms with Gasteiger partial charge < -0.3 is 15.2 Å². The molecular formula is C9H19NO2. The lowest BCUT2D eigenvalue weighted by Gasteiger charge is -2.32. The maximum Gasteiger partial charge on any atom is 0.161 e. The van der Waals surface area contributed by atoms with Crippen molar-refractivity contribution in [3.05, 3.63) is 0 Å². The molecule has 3 heteroatoms. The van der Waals surface area contributed by atoms with Crippen molar-refractivity contribution < 1.29 is 9.47 Å². The first-order chi connectivity index (χ1) is 5.77. The number of hydrogen-bond acceptors (Lipinski definition) is 3. The zero-order valence-electron chi connectivity index (χ0n) is 7.95. The van der Waals surface area contributed by atoms with Gasteiger partial charge in [0.1, 0.15) is 0 Å². The smallest absolute Gasteiger partial charge is 0.161 e. The molecule has 1 aliphatic rings. The van der Waals surface area contributed by atoms with Crippen LogP contribution in [0.1, 0.15) is 26.7 Å². The van der Waals surface area contributed by atoms with Crippen LogP contribution in [0.15, 0.2) is 0 Å². The molecule has 1 saturated heterocycles. The number of nitrogens with two attached hydrogens (primary N) is 1. The Hall–Kier alpha value is -0.120. The molecule has 3 nitrogen and oxygen atoms in total. The quantitative estimate of drug-likeness (QED) is 0.695. The molecule has 0 aromatic rings. The average molecular weight is 173 g/mol. The van der Waals surface area contributed by atoms with Crippen LogP contribution >= 0.6 is 0 Å². The second kappa shape index (κ2) is 4.80. The minimum atomic E-state index is -0.0660. The van der Waals surface area contributed by atoms with E-state index in [2.05, 4.69) is 13.8 Å². The highest BCUT2D eigenvalue weighted by Gasteiger charge is 2.25. The maximum atomic E-state index is 5.63. The van der Waals surface area contributed by atoms with Crippen molar-refractivity contribution in [3.8, 4) is 0 Å². The molecule has 1 heterocycles. The molecule has 1 fully saturated rings. The van der Waals surface area contributed by atoms with Gasteiger partial charge in [0.15, 0.2) is 6.29 Å². The zero-order valence-corrected chi connectivity index (χ0v) is 7.95. The molecule has 0 aromatic heterocycles. The van der Waals surface area contributed by atoms with Crippen molar-refractivity contribution in [2.45, 2.75) is 39.1 Å². The molecule has 1 rings (SSSR count). The van der Waals surface area contributed by atoms with E-state index < -0.39 is 0 Å². The van der Waals surface area contributed by atoms with Crippen molar-refractivity contribution in [1.82, 2.24) is 0 Å². The van der Waals surface area contributed by atoms with E-state index in [1.165, 1.54) is 0 Å². The van der Waals surface area contributed by atoms with Gasteiger partial charge in [0.25, 0.3) is 0 Å². The summed E-state index contributed by atoms with van der Waals surface area (Å²) in [5, 5.41) is 0. The molecule has 1 aliphatic heterocycles. The molecular weight excluding hydrogens is 154 g/mol. The van der Waals surface area contributed by atoms with Crippen LogP contribution in [0.25, 0.3) is 0 Å². The third-order valence-corrected chi connectivity index (χ3v) is 2.38. The molecule has 0 spiro atoms. The fourth-order valence-electron chi connectivity index (χ4n) is 1.40. The highest BCUT2D eigenvalue weighted by Crippen LogP contribution is 2.20. The van der Waals surface area contributed by atoms with Gasteiger partial charge in [-0.05, 0) is 26.3 Å². The van der Waals surface area contributed by atoms with Gasteiger partial charge in [-0.1, -0.05) is 6.92 Å². The molecule has 3 unspecified atom stereocenters. The predicted octanol–water partition coefficient (Wildman–Crippen LogP) is 1.12. The standard InChI is InChI=1S/C9H19NO2/c1-3-8(6-10)9-11-5-4-7(2)12-9/h7-9H,3-6,10H2,1-2H3. The van der Waals surface area contributed by atoms with Crippen LogP contribution < -0.4 is 5.73 Å². The van der Waals surface area contributed by atoms with E-state index in [1.54, 1.807) is 0 Å². The van der Waals surface area contributed by atoms with Crippen LogP contribution in [-0.2, 0) is 9.47 Å². The Balaban J connectivity index is 2.38. The normalized spacial score (nSPS) is 33.2. The summed E-state index contributed by atoms with van der Waals surface area (Å²) < 4.78 is 11.1. The molecule has 72 valence electrons. The van der Waals surface area contributed by atoms with Crippen molar-refractivity contribution in [3.63, 3.8) is 0 Å². The van der Waals surface area contributed by atoms with Gasteiger partial charge in [0.05, 0.1) is 12.7 Å². The van der Waals surface area contributed by atoms with Gasteiger partial charge in [0.2, 0.25) is 0 Å². The van der Waals surface area contributed by atoms with Crippen molar-refractivity contribution >= 4 is 0 Å². The lowest BCUT2D eigenvalue weighted by atomic mass is 10.1. The zero-order chi connectivity index (χ0) is 8.97. The first kappa shape index (κ1) is 9.96. The Morgan fingerprint density at radius 3 is 2.83 bits per heavy atom. The highest BCUT2D eigenvalue weighted by molar-refractivity contribution is 4.67. The van der Waals surface area contributed by atoms with Gasteiger partial charge >= 0.3 is 0 Å². The highest BCUT2D eigenvalue weighted by atomic mass is 16.7. The fourth-order valence-corrected chi connectivity index (χ4v) is 1.40. The molecule has 0 aromatic carbocycles. The summed E-state index contributed by atoms with van der Waals surface area (Å²) in [6.45, 7) is 5.65. The SMILES string of the molecule is CCC(CN)C1OCCC(C)O1. The first-order valence-electron chi connectivity index (χ1n) is 4.75. The Morgan fingerprint density at radius 1 is 1.58 bits per heavy atom. The molecule has 0 saturated carbocycles. The number of hydrogen-bond donors (Lipinski definition) is 1. The summed E-state index contributed by atoms with van der Waals surface area (Å²) in [5.41, 5.74) is 5.60. The summed E-state index contributed by atoms with van der Waals surface area (Å²) in [5.74, 6) is 0.354. The van der Waals surface area contributed by atoms with E-state index in [-0.39, 0.29) is 6.29 Å². The van der Waals surface area contributed by atoms with Crippen molar-refractivity contribution in [1.29, 1.82) is 0 Å². The van der Waals surface area contributed by atoms with E-state index in [1.807, 2.05) is 0 Å². The number of rotatable bonds is 3. The molecule has 0 aliphatic carbocycles. The summed E-state index contributed by atoms with van der Waals surface area (Å²) in [4.78, 5) is 0. The van der Waals surface area contributed by atoms with Gasteiger partial charge in [-0.25, -0.2) is 0 Å². The summed E-state index contributed by atoms with van der Waals surface area (Å²) in [6.07, 6.45) is 2.28. The Labute approximate surface area is 74.2 Å². The van der Waals surface area contributed by atoms with E-state index in [9.17, 15) is 0 Å². The van der Waals surface area contributed by atoms with E-state index >= 15 is 0 Å². The molecule has 3 atom stereocenters. The minimum absolute atomic E-state index is 0.0660. The van der Waals surface area contributed by atoms with Crippen molar-refractivity contribution in [2.24, 2.45) is 11.7 Å². The molecule has 12 heavy (non-hydrogen) atoms. The minimum Gasteiger partial charge on any atom is -0.352 e. The lowest BCUT2D eigenvalue weighted by molar-refractivity contribution is -0.230. The molecule has 0 radical (unpaired) electrons. The second-order valence-corrected chi connectivity index (χ2v) is 3.38. The van der Waals surface area contributed by atoms with Crippen molar-refractivity contribution in [2.75, 3.05) is 13.2 Å². The second-order valence-electron chi connectivity index (χ2n) is 3.38. The van der Waals surface area contributed by atoms with E-state index in [0.717, 1.165) is 19.4 Å². The predicted molar refractivity (Wildman–Crippen MR) is 47.7 cm³/mol. The monoisotopic (exact) mass is 173 g/mol. The topological polar surface area (TPSA) is 44.5 Å². The van der Waals surface area contributed by atoms with Crippen LogP contribution in [-0.4, -0.2) is 25.5 Å². The van der Waals surface area contributed by atoms with Crippen LogP contribution in [0.3, 0.4) is 0 Å². The Morgan fingerprint density at radius 2 is 2.33 bits per heavy atom. The molecule has 0 bridgehead atoms. The summed E-state index contributed by atoms with van der Waals surface area (Å²) >= 11 is 0. The van der Waals surface area contributed by atoms with Crippen LogP contribution in [0.5, 0.6) is 0 Å². The molecule has 2 N–H and O–H groups in total. The van der Waals surface area contributed by atoms with Gasteiger partial charge in [0, 0.05) is 5.92 Å². The summed E-state index contributed by atoms with van der Waals surface area (Å²) in [6, 6.07) is 0. The molecule has 0 amide bonds. The van der Waals surface area contributed by atoms with Gasteiger partial charge in [-0.2, -0.15) is 0 Å². The van der Waals surface area contributed by atoms with Gasteiger partial charge in [-0.3, -0.25) is 0 Å². The van der Waals surface area contributed by atoms with Crippen LogP contribution in [0.4, 0.5) is 0 Å². The van der Waals surface area contributed by atoms with Crippen LogP contribution in [0, 0.1) is 5.92 Å². The fraction of sp³-hybridized carbons (Fsp3) is 1.00. The largest absolute Gasteiger partial charge is 0.352 e. The first-order valence-corrected chi connectivity index (χ1v) is 4.75. The third kappa shape index (κ3) is 2.44. The Bertz CT molecular complexity index is 126. The van der Waals surface area contributed by atoms with E-state index in [4.69, 9.17) is 15.2 Å². The third-order valence-electron chi connectivity index (χ3n) is 2.38. The Kier molecular flexibility index (Phi) is 3.98. The maximum absolute atomic E-state index is 5.63. The number of ether oxygens (including phenoxy) is 2. The lowest BCUT2D eigenvalue weighted by Crippen LogP contribution is -2.39. The van der Waals surface area contributed by atoms with E-state index in [0.29, 0.717) is 18.6 Å².